The lowest BCUT2D eigenvalue weighted by Crippen LogP contribution is -2.14. The van der Waals surface area contributed by atoms with E-state index in [4.69, 9.17) is 4.74 Å². The highest BCUT2D eigenvalue weighted by Crippen LogP contribution is 2.34. The molecule has 0 unspecified atom stereocenters. The zero-order valence-electron chi connectivity index (χ0n) is 9.57. The summed E-state index contributed by atoms with van der Waals surface area (Å²) in [5.74, 6) is 1.43. The van der Waals surface area contributed by atoms with Gasteiger partial charge in [-0.15, -0.1) is 10.2 Å². The van der Waals surface area contributed by atoms with Crippen molar-refractivity contribution in [3.63, 3.8) is 0 Å². The number of tetrazole rings is 1. The molecule has 0 bridgehead atoms. The number of hydrogen-bond acceptors (Lipinski definition) is 5. The lowest BCUT2D eigenvalue weighted by atomic mass is 10.2. The van der Waals surface area contributed by atoms with Crippen LogP contribution in [0.5, 0.6) is 5.75 Å². The minimum Gasteiger partial charge on any atom is -0.494 e. The van der Waals surface area contributed by atoms with Gasteiger partial charge in [-0.1, -0.05) is 5.21 Å². The molecule has 0 amide bonds. The second-order valence-corrected chi connectivity index (χ2v) is 5.23. The van der Waals surface area contributed by atoms with Gasteiger partial charge in [-0.2, -0.15) is 5.21 Å². The largest absolute Gasteiger partial charge is 0.494 e. The van der Waals surface area contributed by atoms with Crippen LogP contribution in [0.25, 0.3) is 0 Å². The van der Waals surface area contributed by atoms with Gasteiger partial charge in [0.15, 0.2) is 5.82 Å². The summed E-state index contributed by atoms with van der Waals surface area (Å²) in [4.78, 5) is 0. The molecule has 1 heterocycles. The smallest absolute Gasteiger partial charge is 0.188 e. The summed E-state index contributed by atoms with van der Waals surface area (Å²) in [5.41, 5.74) is 1.12. The average Bonchev–Trinajstić information content (AvgIpc) is 2.82. The van der Waals surface area contributed by atoms with Crippen molar-refractivity contribution < 1.29 is 4.74 Å². The first-order valence-corrected chi connectivity index (χ1v) is 6.74. The third-order valence-corrected chi connectivity index (χ3v) is 3.44. The Labute approximate surface area is 121 Å². The summed E-state index contributed by atoms with van der Waals surface area (Å²) >= 11 is 6.93. The molecule has 0 aliphatic heterocycles. The molecule has 1 aromatic heterocycles. The Morgan fingerprint density at radius 3 is 2.56 bits per heavy atom. The molecule has 0 spiro atoms. The van der Waals surface area contributed by atoms with E-state index in [-0.39, 0.29) is 0 Å². The van der Waals surface area contributed by atoms with Crippen molar-refractivity contribution in [2.75, 3.05) is 7.11 Å². The summed E-state index contributed by atoms with van der Waals surface area (Å²) in [6.07, 6.45) is 0. The predicted octanol–water partition coefficient (Wildman–Crippen LogP) is 2.02. The van der Waals surface area contributed by atoms with Crippen LogP contribution in [-0.2, 0) is 13.1 Å². The van der Waals surface area contributed by atoms with Crippen LogP contribution in [-0.4, -0.2) is 27.7 Å². The van der Waals surface area contributed by atoms with E-state index in [1.54, 1.807) is 7.11 Å². The van der Waals surface area contributed by atoms with E-state index in [1.807, 2.05) is 12.1 Å². The third-order valence-electron chi connectivity index (χ3n) is 2.26. The maximum atomic E-state index is 5.25. The maximum Gasteiger partial charge on any atom is 0.188 e. The van der Waals surface area contributed by atoms with Crippen molar-refractivity contribution in [2.45, 2.75) is 13.1 Å². The molecule has 2 N–H and O–H groups in total. The summed E-state index contributed by atoms with van der Waals surface area (Å²) < 4.78 is 7.07. The fraction of sp³-hybridized carbons (Fsp3) is 0.300. The number of ether oxygens (including phenoxy) is 1. The standard InChI is InChI=1S/C10H11Br2N5O/c1-18-10-7(11)2-6(3-8(10)12)4-13-5-9-14-16-17-15-9/h2-3,13H,4-5H2,1H3,(H,14,15,16,17). The molecule has 0 fully saturated rings. The Hall–Kier alpha value is -0.990. The van der Waals surface area contributed by atoms with Crippen molar-refractivity contribution in [3.8, 4) is 5.75 Å². The molecule has 0 saturated heterocycles. The third kappa shape index (κ3) is 3.27. The van der Waals surface area contributed by atoms with E-state index in [0.717, 1.165) is 20.3 Å². The fourth-order valence-electron chi connectivity index (χ4n) is 1.49. The van der Waals surface area contributed by atoms with E-state index in [0.29, 0.717) is 18.9 Å². The Kier molecular flexibility index (Phi) is 4.67. The second-order valence-electron chi connectivity index (χ2n) is 3.52. The van der Waals surface area contributed by atoms with Gasteiger partial charge in [0.1, 0.15) is 5.75 Å². The molecule has 18 heavy (non-hydrogen) atoms. The second kappa shape index (κ2) is 6.26. The molecule has 2 aromatic rings. The van der Waals surface area contributed by atoms with Gasteiger partial charge >= 0.3 is 0 Å². The Morgan fingerprint density at radius 1 is 1.28 bits per heavy atom. The SMILES string of the molecule is COc1c(Br)cc(CNCc2nn[nH]n2)cc1Br. The number of nitrogens with one attached hydrogen (secondary N) is 2. The van der Waals surface area contributed by atoms with Gasteiger partial charge < -0.3 is 10.1 Å². The highest BCUT2D eigenvalue weighted by Gasteiger charge is 2.07. The van der Waals surface area contributed by atoms with Crippen LogP contribution >= 0.6 is 31.9 Å². The van der Waals surface area contributed by atoms with Gasteiger partial charge in [0.05, 0.1) is 22.6 Å². The Morgan fingerprint density at radius 2 is 2.00 bits per heavy atom. The predicted molar refractivity (Wildman–Crippen MR) is 73.1 cm³/mol. The molecule has 2 rings (SSSR count). The number of aromatic nitrogens is 4. The lowest BCUT2D eigenvalue weighted by molar-refractivity contribution is 0.409. The average molecular weight is 377 g/mol. The number of aromatic amines is 1. The van der Waals surface area contributed by atoms with E-state index in [2.05, 4.69) is 57.8 Å². The highest BCUT2D eigenvalue weighted by molar-refractivity contribution is 9.11. The van der Waals surface area contributed by atoms with Crippen LogP contribution in [0.3, 0.4) is 0 Å². The Bertz CT molecular complexity index is 494. The molecule has 0 atom stereocenters. The molecule has 8 heteroatoms. The van der Waals surface area contributed by atoms with Gasteiger partial charge in [0, 0.05) is 6.54 Å². The van der Waals surface area contributed by atoms with Crippen LogP contribution in [0.15, 0.2) is 21.1 Å². The molecule has 0 radical (unpaired) electrons. The van der Waals surface area contributed by atoms with Crippen molar-refractivity contribution in [1.82, 2.24) is 25.9 Å². The molecule has 1 aromatic carbocycles. The zero-order valence-corrected chi connectivity index (χ0v) is 12.7. The number of methoxy groups -OCH3 is 1. The molecule has 6 nitrogen and oxygen atoms in total. The van der Waals surface area contributed by atoms with Crippen molar-refractivity contribution in [3.05, 3.63) is 32.5 Å². The summed E-state index contributed by atoms with van der Waals surface area (Å²) in [6.45, 7) is 1.27. The topological polar surface area (TPSA) is 75.7 Å². The summed E-state index contributed by atoms with van der Waals surface area (Å²) in [5, 5.41) is 16.9. The zero-order chi connectivity index (χ0) is 13.0. The Balaban J connectivity index is 1.97. The molecule has 96 valence electrons. The van der Waals surface area contributed by atoms with E-state index in [9.17, 15) is 0 Å². The number of rotatable bonds is 5. The number of hydrogen-bond donors (Lipinski definition) is 2. The number of nitrogens with zero attached hydrogens (tertiary/aromatic N) is 3. The monoisotopic (exact) mass is 375 g/mol. The minimum atomic E-state index is 0.567. The quantitative estimate of drug-likeness (QED) is 0.834. The van der Waals surface area contributed by atoms with Gasteiger partial charge in [-0.25, -0.2) is 0 Å². The first kappa shape index (κ1) is 13.4. The van der Waals surface area contributed by atoms with Crippen molar-refractivity contribution >= 4 is 31.9 Å². The first-order valence-electron chi connectivity index (χ1n) is 5.15. The van der Waals surface area contributed by atoms with Gasteiger partial charge in [0.25, 0.3) is 0 Å². The number of H-pyrrole nitrogens is 1. The molecule has 0 aliphatic carbocycles. The fourth-order valence-corrected chi connectivity index (χ4v) is 3.09. The summed E-state index contributed by atoms with van der Waals surface area (Å²) in [7, 11) is 1.64. The van der Waals surface area contributed by atoms with Gasteiger partial charge in [-0.05, 0) is 49.6 Å². The van der Waals surface area contributed by atoms with Crippen LogP contribution < -0.4 is 10.1 Å². The van der Waals surface area contributed by atoms with Crippen LogP contribution in [0, 0.1) is 0 Å². The number of halogens is 2. The van der Waals surface area contributed by atoms with Crippen molar-refractivity contribution in [1.29, 1.82) is 0 Å². The van der Waals surface area contributed by atoms with Crippen LogP contribution in [0.4, 0.5) is 0 Å². The maximum absolute atomic E-state index is 5.25. The molecular formula is C10H11Br2N5O. The van der Waals surface area contributed by atoms with Crippen LogP contribution in [0.2, 0.25) is 0 Å². The first-order chi connectivity index (χ1) is 8.70. The molecule has 0 aliphatic rings. The normalized spacial score (nSPS) is 10.6. The number of benzene rings is 1. The highest BCUT2D eigenvalue weighted by atomic mass is 79.9. The molecular weight excluding hydrogens is 366 g/mol. The van der Waals surface area contributed by atoms with Gasteiger partial charge in [0.2, 0.25) is 0 Å². The lowest BCUT2D eigenvalue weighted by Gasteiger charge is -2.09. The summed E-state index contributed by atoms with van der Waals surface area (Å²) in [6, 6.07) is 4.01. The van der Waals surface area contributed by atoms with Crippen molar-refractivity contribution in [2.24, 2.45) is 0 Å². The minimum absolute atomic E-state index is 0.567. The van der Waals surface area contributed by atoms with Crippen LogP contribution in [0.1, 0.15) is 11.4 Å². The van der Waals surface area contributed by atoms with Gasteiger partial charge in [-0.3, -0.25) is 0 Å². The molecule has 0 saturated carbocycles. The van der Waals surface area contributed by atoms with E-state index < -0.39 is 0 Å². The van der Waals surface area contributed by atoms with E-state index in [1.165, 1.54) is 0 Å². The van der Waals surface area contributed by atoms with E-state index >= 15 is 0 Å².